The molecule has 1 heterocycles. The van der Waals surface area contributed by atoms with Crippen molar-refractivity contribution < 1.29 is 17.9 Å². The lowest BCUT2D eigenvalue weighted by Gasteiger charge is -2.33. The molecule has 1 fully saturated rings. The van der Waals surface area contributed by atoms with E-state index in [0.29, 0.717) is 29.3 Å². The molecule has 1 aliphatic heterocycles. The number of ketones is 1. The van der Waals surface area contributed by atoms with Crippen molar-refractivity contribution in [3.05, 3.63) is 53.1 Å². The van der Waals surface area contributed by atoms with Crippen molar-refractivity contribution in [2.45, 2.75) is 50.5 Å². The molecule has 1 N–H and O–H groups in total. The molecule has 0 spiro atoms. The Balaban J connectivity index is 1.55. The molecule has 2 aromatic carbocycles. The number of Topliss-reactive ketones (excluding diaryl/α,β-unsaturated/α-hetero) is 1. The smallest absolute Gasteiger partial charge is 0.243 e. The van der Waals surface area contributed by atoms with Crippen molar-refractivity contribution >= 4 is 21.5 Å². The number of piperidine rings is 1. The minimum Gasteiger partial charge on any atom is -0.497 e. The van der Waals surface area contributed by atoms with Crippen molar-refractivity contribution in [2.24, 2.45) is 0 Å². The van der Waals surface area contributed by atoms with Crippen molar-refractivity contribution in [3.8, 4) is 5.75 Å². The van der Waals surface area contributed by atoms with Gasteiger partial charge in [-0.3, -0.25) is 4.79 Å². The van der Waals surface area contributed by atoms with Gasteiger partial charge in [0, 0.05) is 51.3 Å². The van der Waals surface area contributed by atoms with Crippen LogP contribution in [0.1, 0.15) is 36.0 Å². The number of rotatable bonds is 10. The number of nitrogens with zero attached hydrogens (tertiary/aromatic N) is 2. The third-order valence-corrected chi connectivity index (χ3v) is 8.81. The van der Waals surface area contributed by atoms with Crippen LogP contribution in [-0.4, -0.2) is 65.4 Å². The van der Waals surface area contributed by atoms with Crippen LogP contribution in [0.5, 0.6) is 5.75 Å². The van der Waals surface area contributed by atoms with Gasteiger partial charge in [0.25, 0.3) is 0 Å². The lowest BCUT2D eigenvalue weighted by molar-refractivity contribution is -0.118. The minimum atomic E-state index is -3.70. The summed E-state index contributed by atoms with van der Waals surface area (Å²) in [5.74, 6) is 0.646. The van der Waals surface area contributed by atoms with E-state index in [1.807, 2.05) is 19.2 Å². The summed E-state index contributed by atoms with van der Waals surface area (Å²) in [5.41, 5.74) is 3.39. The number of hydrogen-bond donors (Lipinski definition) is 1. The van der Waals surface area contributed by atoms with E-state index in [4.69, 9.17) is 4.74 Å². The maximum absolute atomic E-state index is 13.1. The number of carbonyl (C=O) groups is 1. The zero-order chi connectivity index (χ0) is 24.9. The molecule has 2 aromatic rings. The SMILES string of the molecule is CNC1CCN(c2ccc(CC(=O)CCN(C)S(=O)(=O)c3c(C)cc(OC)cc3C)cc2)CC1. The number of hydrogen-bond acceptors (Lipinski definition) is 6. The molecular formula is C26H37N3O4S. The number of aryl methyl sites for hydroxylation is 2. The molecule has 0 saturated carbocycles. The van der Waals surface area contributed by atoms with Gasteiger partial charge in [0.05, 0.1) is 12.0 Å². The molecule has 8 heteroatoms. The Bertz CT molecular complexity index is 1070. The Morgan fingerprint density at radius 1 is 1.12 bits per heavy atom. The molecule has 3 rings (SSSR count). The summed E-state index contributed by atoms with van der Waals surface area (Å²) < 4.78 is 32.8. The number of ether oxygens (including phenoxy) is 1. The largest absolute Gasteiger partial charge is 0.497 e. The third kappa shape index (κ3) is 6.17. The fourth-order valence-electron chi connectivity index (χ4n) is 4.56. The van der Waals surface area contributed by atoms with Crippen LogP contribution in [0.25, 0.3) is 0 Å². The van der Waals surface area contributed by atoms with Gasteiger partial charge in [0.1, 0.15) is 11.5 Å². The van der Waals surface area contributed by atoms with Gasteiger partial charge in [-0.1, -0.05) is 12.1 Å². The highest BCUT2D eigenvalue weighted by atomic mass is 32.2. The van der Waals surface area contributed by atoms with Crippen molar-refractivity contribution in [1.82, 2.24) is 9.62 Å². The van der Waals surface area contributed by atoms with Crippen molar-refractivity contribution in [2.75, 3.05) is 45.7 Å². The van der Waals surface area contributed by atoms with Crippen molar-refractivity contribution in [3.63, 3.8) is 0 Å². The highest BCUT2D eigenvalue weighted by Gasteiger charge is 2.26. The average molecular weight is 488 g/mol. The van der Waals surface area contributed by atoms with Gasteiger partial charge in [0.2, 0.25) is 10.0 Å². The molecule has 1 saturated heterocycles. The second kappa shape index (κ2) is 11.3. The maximum Gasteiger partial charge on any atom is 0.243 e. The molecular weight excluding hydrogens is 450 g/mol. The maximum atomic E-state index is 13.1. The molecule has 0 unspecified atom stereocenters. The molecule has 7 nitrogen and oxygen atoms in total. The third-order valence-electron chi connectivity index (χ3n) is 6.65. The summed E-state index contributed by atoms with van der Waals surface area (Å²) in [6, 6.07) is 12.2. The normalized spacial score (nSPS) is 15.1. The number of benzene rings is 2. The van der Waals surface area contributed by atoms with Crippen LogP contribution in [0.4, 0.5) is 5.69 Å². The Labute approximate surface area is 204 Å². The number of methoxy groups -OCH3 is 1. The lowest BCUT2D eigenvalue weighted by Crippen LogP contribution is -2.41. The summed E-state index contributed by atoms with van der Waals surface area (Å²) in [5, 5.41) is 3.34. The van der Waals surface area contributed by atoms with Gasteiger partial charge in [-0.25, -0.2) is 12.7 Å². The summed E-state index contributed by atoms with van der Waals surface area (Å²) in [7, 11) is 1.39. The highest BCUT2D eigenvalue weighted by molar-refractivity contribution is 7.89. The molecule has 1 aliphatic rings. The van der Waals surface area contributed by atoms with Gasteiger partial charge in [0.15, 0.2) is 0 Å². The van der Waals surface area contributed by atoms with Gasteiger partial charge in [-0.15, -0.1) is 0 Å². The van der Waals surface area contributed by atoms with Crippen LogP contribution < -0.4 is 15.0 Å². The Kier molecular flexibility index (Phi) is 8.73. The molecule has 34 heavy (non-hydrogen) atoms. The summed E-state index contributed by atoms with van der Waals surface area (Å²) >= 11 is 0. The quantitative estimate of drug-likeness (QED) is 0.554. The fourth-order valence-corrected chi connectivity index (χ4v) is 6.14. The van der Waals surface area contributed by atoms with Gasteiger partial charge >= 0.3 is 0 Å². The first-order valence-electron chi connectivity index (χ1n) is 11.8. The van der Waals surface area contributed by atoms with E-state index >= 15 is 0 Å². The van der Waals surface area contributed by atoms with Gasteiger partial charge < -0.3 is 15.0 Å². The number of carbonyl (C=O) groups excluding carboxylic acids is 1. The Hall–Kier alpha value is -2.42. The second-order valence-corrected chi connectivity index (χ2v) is 11.1. The van der Waals surface area contributed by atoms with Crippen LogP contribution in [0.2, 0.25) is 0 Å². The molecule has 0 aromatic heterocycles. The van der Waals surface area contributed by atoms with E-state index in [9.17, 15) is 13.2 Å². The van der Waals surface area contributed by atoms with E-state index in [1.165, 1.54) is 17.0 Å². The van der Waals surface area contributed by atoms with E-state index < -0.39 is 10.0 Å². The summed E-state index contributed by atoms with van der Waals surface area (Å²) in [6.07, 6.45) is 2.73. The average Bonchev–Trinajstić information content (AvgIpc) is 2.82. The summed E-state index contributed by atoms with van der Waals surface area (Å²) in [6.45, 7) is 5.71. The molecule has 186 valence electrons. The molecule has 0 bridgehead atoms. The van der Waals surface area contributed by atoms with Crippen LogP contribution in [0, 0.1) is 13.8 Å². The number of anilines is 1. The lowest BCUT2D eigenvalue weighted by atomic mass is 10.0. The first kappa shape index (κ1) is 26.2. The zero-order valence-corrected chi connectivity index (χ0v) is 21.7. The summed E-state index contributed by atoms with van der Waals surface area (Å²) in [4.78, 5) is 15.3. The van der Waals surface area contributed by atoms with Crippen LogP contribution >= 0.6 is 0 Å². The minimum absolute atomic E-state index is 0.0211. The number of sulfonamides is 1. The van der Waals surface area contributed by atoms with E-state index in [-0.39, 0.29) is 23.6 Å². The second-order valence-electron chi connectivity index (χ2n) is 9.10. The topological polar surface area (TPSA) is 79.0 Å². The molecule has 0 atom stereocenters. The monoisotopic (exact) mass is 487 g/mol. The molecule has 0 amide bonds. The van der Waals surface area contributed by atoms with Crippen molar-refractivity contribution in [1.29, 1.82) is 0 Å². The first-order valence-corrected chi connectivity index (χ1v) is 13.2. The van der Waals surface area contributed by atoms with E-state index in [1.54, 1.807) is 33.1 Å². The van der Waals surface area contributed by atoms with Crippen LogP contribution in [-0.2, 0) is 21.2 Å². The van der Waals surface area contributed by atoms with E-state index in [0.717, 1.165) is 31.5 Å². The van der Waals surface area contributed by atoms with Crippen LogP contribution in [0.15, 0.2) is 41.3 Å². The number of nitrogens with one attached hydrogen (secondary N) is 1. The predicted octanol–water partition coefficient (Wildman–Crippen LogP) is 3.32. The standard InChI is InChI=1S/C26H37N3O4S/c1-19-16-25(33-5)17-20(2)26(19)34(31,32)28(4)13-12-24(30)18-21-6-8-23(9-7-21)29-14-10-22(27-3)11-15-29/h6-9,16-17,22,27H,10-15,18H2,1-5H3. The van der Waals surface area contributed by atoms with Crippen LogP contribution in [0.3, 0.4) is 0 Å². The van der Waals surface area contributed by atoms with E-state index in [2.05, 4.69) is 22.3 Å². The highest BCUT2D eigenvalue weighted by Crippen LogP contribution is 2.28. The zero-order valence-electron chi connectivity index (χ0n) is 20.9. The van der Waals surface area contributed by atoms with Gasteiger partial charge in [-0.05, 0) is 74.7 Å². The molecule has 0 aliphatic carbocycles. The Morgan fingerprint density at radius 3 is 2.24 bits per heavy atom. The Morgan fingerprint density at radius 2 is 1.71 bits per heavy atom. The van der Waals surface area contributed by atoms with Gasteiger partial charge in [-0.2, -0.15) is 0 Å². The molecule has 0 radical (unpaired) electrons. The predicted molar refractivity (Wildman–Crippen MR) is 136 cm³/mol. The fraction of sp³-hybridized carbons (Fsp3) is 0.500. The first-order chi connectivity index (χ1) is 16.1.